The van der Waals surface area contributed by atoms with E-state index < -0.39 is 0 Å². The Balaban J connectivity index is 2.29. The lowest BCUT2D eigenvalue weighted by molar-refractivity contribution is 0.855. The van der Waals surface area contributed by atoms with E-state index in [9.17, 15) is 0 Å². The number of nitrogens with one attached hydrogen (secondary N) is 1. The van der Waals surface area contributed by atoms with Crippen molar-refractivity contribution in [1.82, 2.24) is 4.98 Å². The Hall–Kier alpha value is -2.10. The minimum absolute atomic E-state index is 0.686. The first-order chi connectivity index (χ1) is 8.27. The summed E-state index contributed by atoms with van der Waals surface area (Å²) in [5, 5.41) is 10.2. The molecule has 0 aromatic carbocycles. The summed E-state index contributed by atoms with van der Waals surface area (Å²) in [5.41, 5.74) is 9.68. The first kappa shape index (κ1) is 10.1. The molecule has 3 rings (SSSR count). The Bertz CT molecular complexity index is 658. The molecule has 0 saturated heterocycles. The van der Waals surface area contributed by atoms with E-state index in [4.69, 9.17) is 5.73 Å². The molecule has 0 bridgehead atoms. The van der Waals surface area contributed by atoms with Gasteiger partial charge in [0.1, 0.15) is 5.70 Å². The second-order valence-corrected chi connectivity index (χ2v) is 4.30. The molecule has 0 fully saturated rings. The van der Waals surface area contributed by atoms with Crippen molar-refractivity contribution in [2.24, 2.45) is 10.2 Å². The van der Waals surface area contributed by atoms with Gasteiger partial charge >= 0.3 is 0 Å². The highest BCUT2D eigenvalue weighted by molar-refractivity contribution is 5.71. The summed E-state index contributed by atoms with van der Waals surface area (Å²) < 4.78 is 0. The smallest absolute Gasteiger partial charge is 0.102 e. The predicted octanol–water partition coefficient (Wildman–Crippen LogP) is 1.58. The summed E-state index contributed by atoms with van der Waals surface area (Å²) in [5.74, 6) is 0. The summed E-state index contributed by atoms with van der Waals surface area (Å²) in [4.78, 5) is 3.03. The lowest BCUT2D eigenvalue weighted by Crippen LogP contribution is -2.25. The Labute approximate surface area is 98.9 Å². The van der Waals surface area contributed by atoms with Crippen LogP contribution in [-0.2, 0) is 0 Å². The molecule has 4 heteroatoms. The van der Waals surface area contributed by atoms with Crippen molar-refractivity contribution < 1.29 is 0 Å². The Morgan fingerprint density at radius 2 is 2.24 bits per heavy atom. The fraction of sp³-hybridized carbons (Fsp3) is 0.231. The monoisotopic (exact) mass is 226 g/mol. The number of nitrogens with zero attached hydrogens (tertiary/aromatic N) is 2. The van der Waals surface area contributed by atoms with Crippen LogP contribution in [0.5, 0.6) is 0 Å². The molecule has 1 aromatic heterocycles. The van der Waals surface area contributed by atoms with E-state index in [1.54, 1.807) is 6.20 Å². The fourth-order valence-corrected chi connectivity index (χ4v) is 2.28. The summed E-state index contributed by atoms with van der Waals surface area (Å²) in [7, 11) is 0. The van der Waals surface area contributed by atoms with Crippen LogP contribution in [0.1, 0.15) is 19.3 Å². The largest absolute Gasteiger partial charge is 0.397 e. The molecule has 0 spiro atoms. The van der Waals surface area contributed by atoms with Gasteiger partial charge in [0.15, 0.2) is 0 Å². The molecule has 0 radical (unpaired) electrons. The zero-order chi connectivity index (χ0) is 11.8. The average Bonchev–Trinajstić information content (AvgIpc) is 2.74. The number of anilines is 1. The first-order valence-corrected chi connectivity index (χ1v) is 5.75. The molecule has 0 saturated carbocycles. The summed E-state index contributed by atoms with van der Waals surface area (Å²) in [6.45, 7) is 3.95. The van der Waals surface area contributed by atoms with E-state index in [1.807, 2.05) is 6.08 Å². The molecule has 86 valence electrons. The van der Waals surface area contributed by atoms with Crippen molar-refractivity contribution in [3.63, 3.8) is 0 Å². The van der Waals surface area contributed by atoms with Crippen molar-refractivity contribution in [3.8, 4) is 0 Å². The molecule has 2 heterocycles. The Morgan fingerprint density at radius 3 is 3.00 bits per heavy atom. The minimum Gasteiger partial charge on any atom is -0.397 e. The lowest BCUT2D eigenvalue weighted by atomic mass is 10.0. The van der Waals surface area contributed by atoms with Crippen molar-refractivity contribution in [2.45, 2.75) is 19.3 Å². The van der Waals surface area contributed by atoms with Gasteiger partial charge in [-0.25, -0.2) is 0 Å². The molecule has 0 atom stereocenters. The quantitative estimate of drug-likeness (QED) is 0.693. The molecule has 1 aromatic rings. The van der Waals surface area contributed by atoms with E-state index >= 15 is 0 Å². The van der Waals surface area contributed by atoms with Crippen LogP contribution in [0.4, 0.5) is 5.69 Å². The summed E-state index contributed by atoms with van der Waals surface area (Å²) in [6, 6.07) is 0. The Morgan fingerprint density at radius 1 is 1.35 bits per heavy atom. The standard InChI is InChI=1S/C13H14N4/c1-8-12(10(14)7-15-8)13-9-5-3-2-4-6-11(9)16-17-13/h4,6-7,15H,1-3,5,14H2. The van der Waals surface area contributed by atoms with Crippen LogP contribution >= 0.6 is 0 Å². The lowest BCUT2D eigenvalue weighted by Gasteiger charge is -2.01. The topological polar surface area (TPSA) is 66.5 Å². The number of H-pyrrole nitrogens is 1. The normalized spacial score (nSPS) is 21.9. The maximum absolute atomic E-state index is 5.95. The van der Waals surface area contributed by atoms with Crippen LogP contribution in [0, 0.1) is 0 Å². The van der Waals surface area contributed by atoms with Crippen LogP contribution in [-0.4, -0.2) is 4.98 Å². The number of hydrogen-bond acceptors (Lipinski definition) is 3. The van der Waals surface area contributed by atoms with Crippen molar-refractivity contribution in [2.75, 3.05) is 5.73 Å². The van der Waals surface area contributed by atoms with Gasteiger partial charge in [-0.1, -0.05) is 12.7 Å². The zero-order valence-corrected chi connectivity index (χ0v) is 9.53. The second kappa shape index (κ2) is 3.73. The van der Waals surface area contributed by atoms with Crippen molar-refractivity contribution in [3.05, 3.63) is 40.2 Å². The van der Waals surface area contributed by atoms with Gasteiger partial charge in [-0.05, 0) is 25.3 Å². The number of nitrogens with two attached hydrogens (primary N) is 1. The van der Waals surface area contributed by atoms with Crippen LogP contribution in [0.3, 0.4) is 0 Å². The highest BCUT2D eigenvalue weighted by Gasteiger charge is 2.19. The number of hydrogen-bond donors (Lipinski definition) is 2. The molecule has 0 amide bonds. The third-order valence-electron chi connectivity index (χ3n) is 3.16. The van der Waals surface area contributed by atoms with Gasteiger partial charge in [-0.3, -0.25) is 0 Å². The van der Waals surface area contributed by atoms with Gasteiger partial charge in [0.25, 0.3) is 0 Å². The molecule has 2 aliphatic rings. The number of aromatic amines is 1. The molecule has 4 nitrogen and oxygen atoms in total. The molecular weight excluding hydrogens is 212 g/mol. The highest BCUT2D eigenvalue weighted by atomic mass is 15.1. The van der Waals surface area contributed by atoms with E-state index in [-0.39, 0.29) is 0 Å². The van der Waals surface area contributed by atoms with E-state index in [0.717, 1.165) is 41.2 Å². The minimum atomic E-state index is 0.686. The molecular formula is C13H14N4. The Kier molecular flexibility index (Phi) is 2.21. The molecule has 3 N–H and O–H groups in total. The fourth-order valence-electron chi connectivity index (χ4n) is 2.28. The number of azo groups is 1. The maximum atomic E-state index is 5.95. The molecule has 17 heavy (non-hydrogen) atoms. The summed E-state index contributed by atoms with van der Waals surface area (Å²) in [6.07, 6.45) is 9.16. The number of rotatable bonds is 0. The number of nitrogen functional groups attached to an aromatic ring is 1. The van der Waals surface area contributed by atoms with E-state index in [1.165, 1.54) is 5.57 Å². The van der Waals surface area contributed by atoms with Gasteiger partial charge in [0.2, 0.25) is 0 Å². The third-order valence-corrected chi connectivity index (χ3v) is 3.16. The van der Waals surface area contributed by atoms with E-state index in [2.05, 4.69) is 27.9 Å². The van der Waals surface area contributed by atoms with Crippen molar-refractivity contribution >= 4 is 18.0 Å². The zero-order valence-electron chi connectivity index (χ0n) is 9.53. The van der Waals surface area contributed by atoms with Gasteiger partial charge in [-0.2, -0.15) is 5.11 Å². The van der Waals surface area contributed by atoms with Gasteiger partial charge in [0, 0.05) is 22.3 Å². The van der Waals surface area contributed by atoms with Crippen LogP contribution in [0.2, 0.25) is 0 Å². The molecule has 1 aliphatic carbocycles. The average molecular weight is 226 g/mol. The van der Waals surface area contributed by atoms with Crippen LogP contribution in [0.25, 0.3) is 12.3 Å². The maximum Gasteiger partial charge on any atom is 0.102 e. The van der Waals surface area contributed by atoms with Crippen molar-refractivity contribution in [1.29, 1.82) is 0 Å². The number of allylic oxidation sites excluding steroid dienone is 2. The summed E-state index contributed by atoms with van der Waals surface area (Å²) >= 11 is 0. The third kappa shape index (κ3) is 1.53. The second-order valence-electron chi connectivity index (χ2n) is 4.30. The van der Waals surface area contributed by atoms with Gasteiger partial charge in [-0.15, -0.1) is 5.11 Å². The first-order valence-electron chi connectivity index (χ1n) is 5.75. The van der Waals surface area contributed by atoms with Crippen LogP contribution in [0.15, 0.2) is 39.8 Å². The SMILES string of the molecule is C=c1[nH]cc(N)c1=C1N=NC2=C1CCCC=C2. The number of aromatic nitrogens is 1. The highest BCUT2D eigenvalue weighted by Crippen LogP contribution is 2.32. The predicted molar refractivity (Wildman–Crippen MR) is 68.3 cm³/mol. The molecule has 0 unspecified atom stereocenters. The van der Waals surface area contributed by atoms with Gasteiger partial charge < -0.3 is 10.7 Å². The van der Waals surface area contributed by atoms with Crippen LogP contribution < -0.4 is 16.3 Å². The van der Waals surface area contributed by atoms with E-state index in [0.29, 0.717) is 5.69 Å². The van der Waals surface area contributed by atoms with Gasteiger partial charge in [0.05, 0.1) is 11.4 Å². The molecule has 1 aliphatic heterocycles.